The second-order valence-electron chi connectivity index (χ2n) is 8.80. The van der Waals surface area contributed by atoms with E-state index >= 15 is 0 Å². The van der Waals surface area contributed by atoms with E-state index in [1.807, 2.05) is 30.3 Å². The van der Waals surface area contributed by atoms with Gasteiger partial charge in [0.05, 0.1) is 24.8 Å². The highest BCUT2D eigenvalue weighted by molar-refractivity contribution is 6.31. The average Bonchev–Trinajstić information content (AvgIpc) is 3.22. The minimum absolute atomic E-state index is 0.102. The third-order valence-corrected chi connectivity index (χ3v) is 6.72. The highest BCUT2D eigenvalue weighted by Crippen LogP contribution is 2.35. The van der Waals surface area contributed by atoms with Crippen molar-refractivity contribution in [2.45, 2.75) is 12.5 Å². The summed E-state index contributed by atoms with van der Waals surface area (Å²) < 4.78 is 5.41. The van der Waals surface area contributed by atoms with Crippen LogP contribution >= 0.6 is 11.6 Å². The van der Waals surface area contributed by atoms with Gasteiger partial charge in [0, 0.05) is 50.7 Å². The van der Waals surface area contributed by atoms with Crippen molar-refractivity contribution in [2.24, 2.45) is 5.92 Å². The van der Waals surface area contributed by atoms with Crippen molar-refractivity contribution in [2.75, 3.05) is 58.3 Å². The van der Waals surface area contributed by atoms with Crippen molar-refractivity contribution in [3.8, 4) is 5.75 Å². The third-order valence-electron chi connectivity index (χ3n) is 6.48. The number of ether oxygens (including phenoxy) is 1. The predicted molar refractivity (Wildman–Crippen MR) is 130 cm³/mol. The number of nitrogens with zero attached hydrogens (tertiary/aromatic N) is 3. The fraction of sp³-hybridized carbons (Fsp3) is 0.440. The monoisotopic (exact) mass is 470 g/mol. The number of benzene rings is 2. The molecule has 2 aromatic carbocycles. The number of amides is 2. The van der Waals surface area contributed by atoms with Crippen molar-refractivity contribution >= 4 is 29.1 Å². The third kappa shape index (κ3) is 5.66. The van der Waals surface area contributed by atoms with E-state index in [9.17, 15) is 9.59 Å². The molecule has 0 radical (unpaired) electrons. The van der Waals surface area contributed by atoms with Gasteiger partial charge in [0.1, 0.15) is 5.75 Å². The standard InChI is InChI=1S/C25H31ClN4O3/c1-28-10-12-29(13-11-28)17-21(18-6-4-3-5-7-18)27-25(32)19-14-24(31)30(16-19)22-15-20(26)8-9-23(22)33-2/h3-9,15,19,21H,10-14,16-17H2,1-2H3,(H,27,32). The van der Waals surface area contributed by atoms with Gasteiger partial charge in [0.2, 0.25) is 11.8 Å². The van der Waals surface area contributed by atoms with Gasteiger partial charge in [-0.1, -0.05) is 41.9 Å². The lowest BCUT2D eigenvalue weighted by Gasteiger charge is -2.35. The Morgan fingerprint density at radius 2 is 1.88 bits per heavy atom. The molecule has 2 aliphatic rings. The van der Waals surface area contributed by atoms with Crippen molar-refractivity contribution in [1.29, 1.82) is 0 Å². The number of rotatable bonds is 7. The van der Waals surface area contributed by atoms with E-state index in [0.29, 0.717) is 23.0 Å². The number of carbonyl (C=O) groups is 2. The first-order valence-corrected chi connectivity index (χ1v) is 11.7. The lowest BCUT2D eigenvalue weighted by Crippen LogP contribution is -2.48. The van der Waals surface area contributed by atoms with Crippen LogP contribution in [-0.4, -0.2) is 75.0 Å². The van der Waals surface area contributed by atoms with Gasteiger partial charge < -0.3 is 19.9 Å². The largest absolute Gasteiger partial charge is 0.495 e. The van der Waals surface area contributed by atoms with Crippen LogP contribution in [0.1, 0.15) is 18.0 Å². The highest BCUT2D eigenvalue weighted by Gasteiger charge is 2.37. The van der Waals surface area contributed by atoms with E-state index in [2.05, 4.69) is 22.2 Å². The molecule has 2 aliphatic heterocycles. The molecule has 2 fully saturated rings. The summed E-state index contributed by atoms with van der Waals surface area (Å²) in [5.41, 5.74) is 1.67. The first kappa shape index (κ1) is 23.5. The number of nitrogens with one attached hydrogen (secondary N) is 1. The molecular weight excluding hydrogens is 440 g/mol. The van der Waals surface area contributed by atoms with Crippen LogP contribution in [-0.2, 0) is 9.59 Å². The van der Waals surface area contributed by atoms with Gasteiger partial charge >= 0.3 is 0 Å². The molecule has 2 saturated heterocycles. The van der Waals surface area contributed by atoms with E-state index in [1.54, 1.807) is 30.2 Å². The zero-order chi connectivity index (χ0) is 23.4. The van der Waals surface area contributed by atoms with E-state index < -0.39 is 5.92 Å². The fourth-order valence-corrected chi connectivity index (χ4v) is 4.65. The number of methoxy groups -OCH3 is 1. The SMILES string of the molecule is COc1ccc(Cl)cc1N1CC(C(=O)NC(CN2CCN(C)CC2)c2ccccc2)CC1=O. The average molecular weight is 471 g/mol. The molecule has 33 heavy (non-hydrogen) atoms. The minimum atomic E-state index is -0.431. The molecule has 0 spiro atoms. The lowest BCUT2D eigenvalue weighted by atomic mass is 10.0. The van der Waals surface area contributed by atoms with E-state index in [0.717, 1.165) is 38.3 Å². The zero-order valence-electron chi connectivity index (χ0n) is 19.2. The molecule has 2 amide bonds. The highest BCUT2D eigenvalue weighted by atomic mass is 35.5. The maximum atomic E-state index is 13.3. The fourth-order valence-electron chi connectivity index (χ4n) is 4.49. The van der Waals surface area contributed by atoms with Crippen LogP contribution in [0.2, 0.25) is 5.02 Å². The number of hydrogen-bond acceptors (Lipinski definition) is 5. The van der Waals surface area contributed by atoms with Crippen molar-refractivity contribution in [1.82, 2.24) is 15.1 Å². The zero-order valence-corrected chi connectivity index (χ0v) is 19.9. The molecular formula is C25H31ClN4O3. The summed E-state index contributed by atoms with van der Waals surface area (Å²) >= 11 is 6.16. The maximum absolute atomic E-state index is 13.3. The van der Waals surface area contributed by atoms with Gasteiger partial charge in [-0.3, -0.25) is 14.5 Å². The Morgan fingerprint density at radius 3 is 2.58 bits per heavy atom. The number of halogens is 1. The molecule has 0 aliphatic carbocycles. The normalized spacial score (nSPS) is 20.6. The molecule has 0 aromatic heterocycles. The molecule has 1 N–H and O–H groups in total. The van der Waals surface area contributed by atoms with Crippen molar-refractivity contribution in [3.05, 3.63) is 59.1 Å². The van der Waals surface area contributed by atoms with Crippen LogP contribution in [0.4, 0.5) is 5.69 Å². The Bertz CT molecular complexity index is 979. The molecule has 7 nitrogen and oxygen atoms in total. The van der Waals surface area contributed by atoms with Crippen LogP contribution in [0, 0.1) is 5.92 Å². The van der Waals surface area contributed by atoms with Crippen LogP contribution < -0.4 is 15.0 Å². The lowest BCUT2D eigenvalue weighted by molar-refractivity contribution is -0.127. The second-order valence-corrected chi connectivity index (χ2v) is 9.23. The summed E-state index contributed by atoms with van der Waals surface area (Å²) in [5.74, 6) is -0.0770. The first-order chi connectivity index (χ1) is 15.9. The maximum Gasteiger partial charge on any atom is 0.227 e. The van der Waals surface area contributed by atoms with Crippen LogP contribution in [0.15, 0.2) is 48.5 Å². The van der Waals surface area contributed by atoms with Gasteiger partial charge in [-0.15, -0.1) is 0 Å². The quantitative estimate of drug-likeness (QED) is 0.674. The molecule has 2 unspecified atom stereocenters. The summed E-state index contributed by atoms with van der Waals surface area (Å²) in [6.45, 7) is 5.03. The Morgan fingerprint density at radius 1 is 1.15 bits per heavy atom. The summed E-state index contributed by atoms with van der Waals surface area (Å²) in [7, 11) is 3.69. The van der Waals surface area contributed by atoms with Crippen molar-refractivity contribution < 1.29 is 14.3 Å². The van der Waals surface area contributed by atoms with E-state index in [4.69, 9.17) is 16.3 Å². The van der Waals surface area contributed by atoms with Gasteiger partial charge in [0.25, 0.3) is 0 Å². The Kier molecular flexibility index (Phi) is 7.53. The van der Waals surface area contributed by atoms with Crippen LogP contribution in [0.5, 0.6) is 5.75 Å². The summed E-state index contributed by atoms with van der Waals surface area (Å²) in [6, 6.07) is 15.1. The number of likely N-dealkylation sites (N-methyl/N-ethyl adjacent to an activating group) is 1. The minimum Gasteiger partial charge on any atom is -0.495 e. The molecule has 0 saturated carbocycles. The molecule has 8 heteroatoms. The Hall–Kier alpha value is -2.61. The van der Waals surface area contributed by atoms with Crippen LogP contribution in [0.25, 0.3) is 0 Å². The second kappa shape index (κ2) is 10.5. The van der Waals surface area contributed by atoms with Crippen molar-refractivity contribution in [3.63, 3.8) is 0 Å². The topological polar surface area (TPSA) is 65.1 Å². The van der Waals surface area contributed by atoms with E-state index in [-0.39, 0.29) is 24.3 Å². The molecule has 0 bridgehead atoms. The molecule has 2 aromatic rings. The Labute approximate surface area is 200 Å². The van der Waals surface area contributed by atoms with E-state index in [1.165, 1.54) is 0 Å². The van der Waals surface area contributed by atoms with Gasteiger partial charge in [-0.05, 0) is 30.8 Å². The number of carbonyl (C=O) groups excluding carboxylic acids is 2. The molecule has 4 rings (SSSR count). The van der Waals surface area contributed by atoms with Gasteiger partial charge in [-0.25, -0.2) is 0 Å². The number of piperazine rings is 1. The summed E-state index contributed by atoms with van der Waals surface area (Å²) in [4.78, 5) is 32.4. The number of hydrogen-bond donors (Lipinski definition) is 1. The predicted octanol–water partition coefficient (Wildman–Crippen LogP) is 2.81. The smallest absolute Gasteiger partial charge is 0.227 e. The Balaban J connectivity index is 1.47. The van der Waals surface area contributed by atoms with Crippen LogP contribution in [0.3, 0.4) is 0 Å². The molecule has 2 atom stereocenters. The summed E-state index contributed by atoms with van der Waals surface area (Å²) in [5, 5.41) is 3.75. The first-order valence-electron chi connectivity index (χ1n) is 11.3. The molecule has 2 heterocycles. The van der Waals surface area contributed by atoms with Gasteiger partial charge in [0.15, 0.2) is 0 Å². The molecule has 176 valence electrons. The van der Waals surface area contributed by atoms with Gasteiger partial charge in [-0.2, -0.15) is 0 Å². The number of anilines is 1. The summed E-state index contributed by atoms with van der Waals surface area (Å²) in [6.07, 6.45) is 0.164.